The maximum Gasteiger partial charge on any atom is 0.264 e. The summed E-state index contributed by atoms with van der Waals surface area (Å²) >= 11 is 1.51. The smallest absolute Gasteiger partial charge is 0.264 e. The van der Waals surface area contributed by atoms with E-state index in [1.54, 1.807) is 6.33 Å². The second kappa shape index (κ2) is 6.53. The van der Waals surface area contributed by atoms with Gasteiger partial charge < -0.3 is 15.1 Å². The molecule has 0 radical (unpaired) electrons. The summed E-state index contributed by atoms with van der Waals surface area (Å²) in [4.78, 5) is 27.9. The summed E-state index contributed by atoms with van der Waals surface area (Å²) in [7, 11) is 4.10. The van der Waals surface area contributed by atoms with Crippen LogP contribution in [-0.2, 0) is 0 Å². The summed E-state index contributed by atoms with van der Waals surface area (Å²) < 4.78 is 0. The first-order valence-corrected chi connectivity index (χ1v) is 9.80. The average molecular weight is 359 g/mol. The van der Waals surface area contributed by atoms with Crippen LogP contribution in [0.2, 0.25) is 0 Å². The van der Waals surface area contributed by atoms with Gasteiger partial charge in [0, 0.05) is 25.7 Å². The zero-order chi connectivity index (χ0) is 17.6. The highest BCUT2D eigenvalue weighted by molar-refractivity contribution is 7.20. The first kappa shape index (κ1) is 16.7. The maximum absolute atomic E-state index is 13.1. The summed E-state index contributed by atoms with van der Waals surface area (Å²) in [6, 6.07) is 0.450. The summed E-state index contributed by atoms with van der Waals surface area (Å²) in [6.07, 6.45) is 5.22. The Morgan fingerprint density at radius 2 is 2.24 bits per heavy atom. The minimum absolute atomic E-state index is 0.187. The van der Waals surface area contributed by atoms with Crippen LogP contribution in [-0.4, -0.2) is 65.4 Å². The standard InChI is InChI=1S/C18H25N5OS/c1-11-14-16(19-6-7-22(2)3)20-10-21-17(14)25-15(11)18(24)23-9-12-4-5-13(23)8-12/h10,12-13H,4-9H2,1-3H3,(H,19,20,21)/t12-,13+/m0/s1. The van der Waals surface area contributed by atoms with Gasteiger partial charge in [-0.25, -0.2) is 9.97 Å². The van der Waals surface area contributed by atoms with Gasteiger partial charge in [0.15, 0.2) is 0 Å². The molecule has 134 valence electrons. The van der Waals surface area contributed by atoms with Crippen LogP contribution < -0.4 is 5.32 Å². The SMILES string of the molecule is Cc1c(C(=O)N2C[C@H]3CC[C@@H]2C3)sc2ncnc(NCCN(C)C)c12. The maximum atomic E-state index is 13.1. The van der Waals surface area contributed by atoms with Crippen LogP contribution >= 0.6 is 11.3 Å². The second-order valence-electron chi connectivity index (χ2n) is 7.48. The predicted octanol–water partition coefficient (Wildman–Crippen LogP) is 2.60. The largest absolute Gasteiger partial charge is 0.368 e. The predicted molar refractivity (Wildman–Crippen MR) is 101 cm³/mol. The van der Waals surface area contributed by atoms with Gasteiger partial charge >= 0.3 is 0 Å². The summed E-state index contributed by atoms with van der Waals surface area (Å²) in [6.45, 7) is 4.70. The van der Waals surface area contributed by atoms with Gasteiger partial charge in [-0.2, -0.15) is 0 Å². The number of rotatable bonds is 5. The Kier molecular flexibility index (Phi) is 4.37. The van der Waals surface area contributed by atoms with Gasteiger partial charge in [0.2, 0.25) is 0 Å². The molecule has 2 bridgehead atoms. The number of hydrogen-bond acceptors (Lipinski definition) is 6. The molecule has 1 saturated heterocycles. The molecule has 0 aromatic carbocycles. The molecule has 3 heterocycles. The second-order valence-corrected chi connectivity index (χ2v) is 8.48. The number of likely N-dealkylation sites (N-methyl/N-ethyl adjacent to an activating group) is 1. The van der Waals surface area contributed by atoms with E-state index in [2.05, 4.69) is 25.1 Å². The van der Waals surface area contributed by atoms with E-state index in [0.717, 1.165) is 52.5 Å². The van der Waals surface area contributed by atoms with Crippen molar-refractivity contribution in [2.24, 2.45) is 5.92 Å². The van der Waals surface area contributed by atoms with Crippen molar-refractivity contribution in [3.63, 3.8) is 0 Å². The van der Waals surface area contributed by atoms with Gasteiger partial charge in [-0.15, -0.1) is 11.3 Å². The topological polar surface area (TPSA) is 61.4 Å². The average Bonchev–Trinajstić information content (AvgIpc) is 3.29. The quantitative estimate of drug-likeness (QED) is 0.889. The van der Waals surface area contributed by atoms with Crippen LogP contribution in [0.4, 0.5) is 5.82 Å². The van der Waals surface area contributed by atoms with Gasteiger partial charge in [0.05, 0.1) is 10.3 Å². The fourth-order valence-electron chi connectivity index (χ4n) is 4.11. The van der Waals surface area contributed by atoms with E-state index in [-0.39, 0.29) is 5.91 Å². The van der Waals surface area contributed by atoms with Gasteiger partial charge in [-0.05, 0) is 51.8 Å². The Labute approximate surface area is 152 Å². The third-order valence-corrected chi connectivity index (χ3v) is 6.63. The number of thiophene rings is 1. The molecule has 25 heavy (non-hydrogen) atoms. The van der Waals surface area contributed by atoms with Crippen molar-refractivity contribution in [2.45, 2.75) is 32.2 Å². The van der Waals surface area contributed by atoms with E-state index >= 15 is 0 Å². The lowest BCUT2D eigenvalue weighted by Gasteiger charge is -2.26. The van der Waals surface area contributed by atoms with Crippen molar-refractivity contribution in [3.8, 4) is 0 Å². The number of nitrogens with zero attached hydrogens (tertiary/aromatic N) is 4. The molecular formula is C18H25N5OS. The Morgan fingerprint density at radius 3 is 2.92 bits per heavy atom. The Hall–Kier alpha value is -1.73. The van der Waals surface area contributed by atoms with Gasteiger partial charge in [0.1, 0.15) is 17.0 Å². The normalized spacial score (nSPS) is 22.3. The number of anilines is 1. The minimum atomic E-state index is 0.187. The molecule has 1 aliphatic carbocycles. The molecule has 2 fully saturated rings. The molecule has 2 atom stereocenters. The van der Waals surface area contributed by atoms with E-state index in [1.165, 1.54) is 24.2 Å². The van der Waals surface area contributed by atoms with Gasteiger partial charge in [-0.1, -0.05) is 0 Å². The van der Waals surface area contributed by atoms with Gasteiger partial charge in [0.25, 0.3) is 5.91 Å². The van der Waals surface area contributed by atoms with Crippen LogP contribution in [0.15, 0.2) is 6.33 Å². The number of nitrogens with one attached hydrogen (secondary N) is 1. The number of fused-ring (bicyclic) bond motifs is 3. The van der Waals surface area contributed by atoms with Gasteiger partial charge in [-0.3, -0.25) is 4.79 Å². The van der Waals surface area contributed by atoms with Crippen molar-refractivity contribution in [1.29, 1.82) is 0 Å². The lowest BCUT2D eigenvalue weighted by molar-refractivity contribution is 0.0708. The highest BCUT2D eigenvalue weighted by atomic mass is 32.1. The molecule has 1 N–H and O–H groups in total. The summed E-state index contributed by atoms with van der Waals surface area (Å²) in [5.41, 5.74) is 1.01. The summed E-state index contributed by atoms with van der Waals surface area (Å²) in [5, 5.41) is 4.40. The minimum Gasteiger partial charge on any atom is -0.368 e. The Bertz CT molecular complexity index is 802. The number of aromatic nitrogens is 2. The number of amides is 1. The first-order chi connectivity index (χ1) is 12.0. The van der Waals surface area contributed by atoms with Crippen molar-refractivity contribution in [3.05, 3.63) is 16.8 Å². The van der Waals surface area contributed by atoms with Crippen molar-refractivity contribution >= 4 is 33.3 Å². The molecule has 7 heteroatoms. The first-order valence-electron chi connectivity index (χ1n) is 8.98. The molecule has 2 aromatic rings. The molecule has 0 spiro atoms. The van der Waals surface area contributed by atoms with Crippen LogP contribution in [0.1, 0.15) is 34.5 Å². The number of carbonyl (C=O) groups is 1. The van der Waals surface area contributed by atoms with Crippen LogP contribution in [0.25, 0.3) is 10.2 Å². The molecule has 4 rings (SSSR count). The Balaban J connectivity index is 1.62. The number of hydrogen-bond donors (Lipinski definition) is 1. The third-order valence-electron chi connectivity index (χ3n) is 5.44. The van der Waals surface area contributed by atoms with E-state index in [9.17, 15) is 4.79 Å². The number of carbonyl (C=O) groups excluding carboxylic acids is 1. The van der Waals surface area contributed by atoms with E-state index in [4.69, 9.17) is 0 Å². The molecule has 6 nitrogen and oxygen atoms in total. The van der Waals surface area contributed by atoms with E-state index < -0.39 is 0 Å². The van der Waals surface area contributed by atoms with Crippen LogP contribution in [0.5, 0.6) is 0 Å². The Morgan fingerprint density at radius 1 is 1.40 bits per heavy atom. The van der Waals surface area contributed by atoms with Crippen molar-refractivity contribution < 1.29 is 4.79 Å². The van der Waals surface area contributed by atoms with Crippen LogP contribution in [0, 0.1) is 12.8 Å². The molecular weight excluding hydrogens is 334 g/mol. The van der Waals surface area contributed by atoms with E-state index in [1.807, 2.05) is 21.0 Å². The molecule has 2 aliphatic rings. The van der Waals surface area contributed by atoms with E-state index in [0.29, 0.717) is 12.0 Å². The number of aryl methyl sites for hydroxylation is 1. The monoisotopic (exact) mass is 359 g/mol. The number of likely N-dealkylation sites (tertiary alicyclic amines) is 1. The van der Waals surface area contributed by atoms with Crippen molar-refractivity contribution in [2.75, 3.05) is 39.0 Å². The fourth-order valence-corrected chi connectivity index (χ4v) is 5.22. The lowest BCUT2D eigenvalue weighted by Crippen LogP contribution is -2.37. The molecule has 1 saturated carbocycles. The van der Waals surface area contributed by atoms with Crippen LogP contribution in [0.3, 0.4) is 0 Å². The lowest BCUT2D eigenvalue weighted by atomic mass is 10.1. The highest BCUT2D eigenvalue weighted by Gasteiger charge is 2.41. The highest BCUT2D eigenvalue weighted by Crippen LogP contribution is 2.40. The zero-order valence-electron chi connectivity index (χ0n) is 15.1. The zero-order valence-corrected chi connectivity index (χ0v) is 15.9. The molecule has 1 amide bonds. The molecule has 2 aromatic heterocycles. The summed E-state index contributed by atoms with van der Waals surface area (Å²) in [5.74, 6) is 1.74. The molecule has 1 aliphatic heterocycles. The molecule has 0 unspecified atom stereocenters. The third kappa shape index (κ3) is 3.00. The fraction of sp³-hybridized carbons (Fsp3) is 0.611. The van der Waals surface area contributed by atoms with Crippen molar-refractivity contribution in [1.82, 2.24) is 19.8 Å². The number of piperidine rings is 1.